The Labute approximate surface area is 192 Å². The summed E-state index contributed by atoms with van der Waals surface area (Å²) in [5.41, 5.74) is 4.58. The van der Waals surface area contributed by atoms with Crippen molar-refractivity contribution in [2.75, 3.05) is 55.6 Å². The molecule has 2 N–H and O–H groups in total. The van der Waals surface area contributed by atoms with Crippen molar-refractivity contribution in [1.82, 2.24) is 20.2 Å². The van der Waals surface area contributed by atoms with E-state index >= 15 is 0 Å². The molecule has 0 amide bonds. The van der Waals surface area contributed by atoms with Crippen LogP contribution in [0.4, 0.5) is 11.5 Å². The first-order valence-corrected chi connectivity index (χ1v) is 11.7. The lowest BCUT2D eigenvalue weighted by Gasteiger charge is -2.48. The zero-order valence-electron chi connectivity index (χ0n) is 18.5. The number of anilines is 2. The number of nitriles is 1. The summed E-state index contributed by atoms with van der Waals surface area (Å²) in [6, 6.07) is 14.2. The van der Waals surface area contributed by atoms with Crippen molar-refractivity contribution in [2.45, 2.75) is 19.0 Å². The molecule has 6 rings (SSSR count). The van der Waals surface area contributed by atoms with E-state index in [1.54, 1.807) is 6.07 Å². The van der Waals surface area contributed by atoms with Crippen LogP contribution in [0.5, 0.6) is 0 Å². The van der Waals surface area contributed by atoms with Crippen molar-refractivity contribution in [3.8, 4) is 6.07 Å². The molecule has 5 heterocycles. The van der Waals surface area contributed by atoms with Gasteiger partial charge in [-0.1, -0.05) is 6.07 Å². The van der Waals surface area contributed by atoms with Gasteiger partial charge in [-0.3, -0.25) is 9.69 Å². The number of aromatic amines is 1. The molecule has 0 bridgehead atoms. The van der Waals surface area contributed by atoms with Gasteiger partial charge in [0.25, 0.3) is 0 Å². The van der Waals surface area contributed by atoms with E-state index in [0.29, 0.717) is 17.1 Å². The first kappa shape index (κ1) is 20.2. The van der Waals surface area contributed by atoms with E-state index in [2.05, 4.69) is 43.2 Å². The predicted molar refractivity (Wildman–Crippen MR) is 129 cm³/mol. The second-order valence-corrected chi connectivity index (χ2v) is 9.14. The Morgan fingerprint density at radius 3 is 2.73 bits per heavy atom. The molecule has 0 aliphatic carbocycles. The van der Waals surface area contributed by atoms with Gasteiger partial charge in [0.05, 0.1) is 11.1 Å². The monoisotopic (exact) mass is 441 g/mol. The molecule has 33 heavy (non-hydrogen) atoms. The summed E-state index contributed by atoms with van der Waals surface area (Å²) in [5, 5.41) is 13.8. The average Bonchev–Trinajstić information content (AvgIpc) is 2.87. The first-order chi connectivity index (χ1) is 16.2. The maximum Gasteiger partial charge on any atom is 0.248 e. The number of aromatic nitrogens is 2. The molecule has 3 aliphatic heterocycles. The third kappa shape index (κ3) is 3.63. The Balaban J connectivity index is 1.26. The lowest BCUT2D eigenvalue weighted by atomic mass is 10.0. The second-order valence-electron chi connectivity index (χ2n) is 9.14. The number of hydrogen-bond acceptors (Lipinski definition) is 7. The minimum absolute atomic E-state index is 0.183. The molecule has 0 radical (unpaired) electrons. The third-order valence-electron chi connectivity index (χ3n) is 7.26. The normalized spacial score (nSPS) is 20.9. The summed E-state index contributed by atoms with van der Waals surface area (Å²) in [5.74, 6) is 1.09. The topological polar surface area (TPSA) is 91.3 Å². The summed E-state index contributed by atoms with van der Waals surface area (Å²) < 4.78 is 0. The molecular weight excluding hydrogens is 414 g/mol. The van der Waals surface area contributed by atoms with E-state index in [4.69, 9.17) is 4.98 Å². The fourth-order valence-corrected chi connectivity index (χ4v) is 5.49. The van der Waals surface area contributed by atoms with Crippen LogP contribution < -0.4 is 20.7 Å². The smallest absolute Gasteiger partial charge is 0.248 e. The van der Waals surface area contributed by atoms with Crippen molar-refractivity contribution >= 4 is 22.4 Å². The van der Waals surface area contributed by atoms with Crippen LogP contribution in [-0.2, 0) is 13.0 Å². The van der Waals surface area contributed by atoms with Gasteiger partial charge in [0.2, 0.25) is 5.56 Å². The standard InChI is InChI=1S/C25H27N7O/c26-13-17-1-4-22(20-3-6-24(33)29-25(17)20)31-11-9-30-10-12-32(16-19(30)15-31)23-5-2-18-14-27-8-7-21(18)28-23/h1-6,19,27H,7-12,14-16H2,(H,29,33). The zero-order chi connectivity index (χ0) is 22.4. The van der Waals surface area contributed by atoms with E-state index in [0.717, 1.165) is 75.7 Å². The molecule has 168 valence electrons. The summed E-state index contributed by atoms with van der Waals surface area (Å²) in [7, 11) is 0. The number of pyridine rings is 2. The average molecular weight is 442 g/mol. The highest BCUT2D eigenvalue weighted by Gasteiger charge is 2.33. The first-order valence-electron chi connectivity index (χ1n) is 11.7. The van der Waals surface area contributed by atoms with Gasteiger partial charge in [0.1, 0.15) is 11.9 Å². The van der Waals surface area contributed by atoms with Crippen LogP contribution in [0.25, 0.3) is 10.9 Å². The highest BCUT2D eigenvalue weighted by molar-refractivity contribution is 5.95. The van der Waals surface area contributed by atoms with Crippen molar-refractivity contribution in [2.24, 2.45) is 0 Å². The Morgan fingerprint density at radius 2 is 1.85 bits per heavy atom. The fraction of sp³-hybridized carbons (Fsp3) is 0.400. The van der Waals surface area contributed by atoms with Crippen LogP contribution >= 0.6 is 0 Å². The molecule has 1 aromatic carbocycles. The number of benzene rings is 1. The number of hydrogen-bond donors (Lipinski definition) is 2. The van der Waals surface area contributed by atoms with Crippen LogP contribution in [0.15, 0.2) is 41.2 Å². The number of fused-ring (bicyclic) bond motifs is 3. The molecule has 8 heteroatoms. The van der Waals surface area contributed by atoms with Gasteiger partial charge >= 0.3 is 0 Å². The molecule has 2 saturated heterocycles. The fourth-order valence-electron chi connectivity index (χ4n) is 5.49. The molecule has 1 unspecified atom stereocenters. The molecule has 2 fully saturated rings. The van der Waals surface area contributed by atoms with Gasteiger partial charge in [-0.05, 0) is 29.8 Å². The van der Waals surface area contributed by atoms with E-state index < -0.39 is 0 Å². The van der Waals surface area contributed by atoms with Crippen molar-refractivity contribution in [3.05, 3.63) is 63.6 Å². The molecular formula is C25H27N7O. The molecule has 3 aliphatic rings. The zero-order valence-corrected chi connectivity index (χ0v) is 18.5. The van der Waals surface area contributed by atoms with E-state index in [1.807, 2.05) is 18.2 Å². The van der Waals surface area contributed by atoms with Crippen molar-refractivity contribution < 1.29 is 0 Å². The van der Waals surface area contributed by atoms with Crippen LogP contribution in [-0.4, -0.2) is 66.7 Å². The Morgan fingerprint density at radius 1 is 1.00 bits per heavy atom. The van der Waals surface area contributed by atoms with Crippen LogP contribution in [0.3, 0.4) is 0 Å². The number of H-pyrrole nitrogens is 1. The minimum atomic E-state index is -0.183. The highest BCUT2D eigenvalue weighted by Crippen LogP contribution is 2.30. The van der Waals surface area contributed by atoms with Gasteiger partial charge in [0, 0.05) is 87.7 Å². The number of nitrogens with zero attached hydrogens (tertiary/aromatic N) is 5. The minimum Gasteiger partial charge on any atom is -0.368 e. The summed E-state index contributed by atoms with van der Waals surface area (Å²) in [6.45, 7) is 7.75. The van der Waals surface area contributed by atoms with Gasteiger partial charge in [0.15, 0.2) is 0 Å². The van der Waals surface area contributed by atoms with Gasteiger partial charge in [-0.2, -0.15) is 5.26 Å². The lowest BCUT2D eigenvalue weighted by molar-refractivity contribution is 0.159. The van der Waals surface area contributed by atoms with Gasteiger partial charge in [-0.15, -0.1) is 0 Å². The van der Waals surface area contributed by atoms with E-state index in [1.165, 1.54) is 11.3 Å². The number of rotatable bonds is 2. The quantitative estimate of drug-likeness (QED) is 0.622. The second kappa shape index (κ2) is 8.18. The Bertz CT molecular complexity index is 1310. The predicted octanol–water partition coefficient (Wildman–Crippen LogP) is 1.45. The van der Waals surface area contributed by atoms with Gasteiger partial charge < -0.3 is 20.1 Å². The van der Waals surface area contributed by atoms with E-state index in [-0.39, 0.29) is 5.56 Å². The third-order valence-corrected chi connectivity index (χ3v) is 7.26. The molecule has 1 atom stereocenters. The number of nitrogens with one attached hydrogen (secondary N) is 2. The molecule has 3 aromatic rings. The number of piperazine rings is 2. The molecule has 0 saturated carbocycles. The van der Waals surface area contributed by atoms with Crippen molar-refractivity contribution in [1.29, 1.82) is 5.26 Å². The maximum atomic E-state index is 11.9. The Kier molecular flexibility index (Phi) is 5.01. The molecule has 2 aromatic heterocycles. The maximum absolute atomic E-state index is 11.9. The largest absolute Gasteiger partial charge is 0.368 e. The van der Waals surface area contributed by atoms with Crippen LogP contribution in [0.2, 0.25) is 0 Å². The lowest BCUT2D eigenvalue weighted by Crippen LogP contribution is -2.62. The Hall–Kier alpha value is -3.41. The highest BCUT2D eigenvalue weighted by atomic mass is 16.1. The molecule has 8 nitrogen and oxygen atoms in total. The summed E-state index contributed by atoms with van der Waals surface area (Å²) in [6.07, 6.45) is 0.994. The molecule has 0 spiro atoms. The van der Waals surface area contributed by atoms with Crippen LogP contribution in [0, 0.1) is 11.3 Å². The summed E-state index contributed by atoms with van der Waals surface area (Å²) >= 11 is 0. The van der Waals surface area contributed by atoms with Gasteiger partial charge in [-0.25, -0.2) is 4.98 Å². The van der Waals surface area contributed by atoms with E-state index in [9.17, 15) is 10.1 Å². The van der Waals surface area contributed by atoms with Crippen LogP contribution in [0.1, 0.15) is 16.8 Å². The van der Waals surface area contributed by atoms with Crippen molar-refractivity contribution in [3.63, 3.8) is 0 Å². The summed E-state index contributed by atoms with van der Waals surface area (Å²) in [4.78, 5) is 27.2. The SMILES string of the molecule is N#Cc1ccc(N2CCN3CCN(c4ccc5c(n4)CCNC5)CC3C2)c2ccc(=O)[nH]c12.